The van der Waals surface area contributed by atoms with Gasteiger partial charge in [0.15, 0.2) is 0 Å². The molecule has 0 heterocycles. The Bertz CT molecular complexity index is 85.7. The molecule has 0 radical (unpaired) electrons. The van der Waals surface area contributed by atoms with Gasteiger partial charge in [0.05, 0.1) is 6.61 Å². The van der Waals surface area contributed by atoms with E-state index in [-0.39, 0.29) is 0 Å². The van der Waals surface area contributed by atoms with Crippen LogP contribution in [0.25, 0.3) is 0 Å². The van der Waals surface area contributed by atoms with Crippen molar-refractivity contribution in [1.82, 2.24) is 0 Å². The molecule has 62 valence electrons. The van der Waals surface area contributed by atoms with Crippen molar-refractivity contribution in [2.75, 3.05) is 6.61 Å². The first-order chi connectivity index (χ1) is 4.45. The van der Waals surface area contributed by atoms with Crippen LogP contribution in [0.15, 0.2) is 0 Å². The Hall–Kier alpha value is -0.0800. The first kappa shape index (κ1) is 9.92. The molecule has 0 aromatic heterocycles. The van der Waals surface area contributed by atoms with Crippen molar-refractivity contribution >= 4 is 0 Å². The molecule has 0 spiro atoms. The van der Waals surface area contributed by atoms with Gasteiger partial charge in [-0.15, -0.1) is 0 Å². The van der Waals surface area contributed by atoms with Crippen LogP contribution in [0.5, 0.6) is 0 Å². The average molecular weight is 145 g/mol. The van der Waals surface area contributed by atoms with Crippen LogP contribution in [-0.4, -0.2) is 6.61 Å². The predicted molar refractivity (Wildman–Crippen MR) is 43.4 cm³/mol. The van der Waals surface area contributed by atoms with E-state index in [1.165, 1.54) is 0 Å². The molecule has 2 nitrogen and oxygen atoms in total. The predicted octanol–water partition coefficient (Wildman–Crippen LogP) is 1.95. The number of hydrogen-bond donors (Lipinski definition) is 1. The molecule has 0 aromatic carbocycles. The summed E-state index contributed by atoms with van der Waals surface area (Å²) in [4.78, 5) is 4.55. The van der Waals surface area contributed by atoms with Gasteiger partial charge in [-0.2, -0.15) is 0 Å². The van der Waals surface area contributed by atoms with E-state index < -0.39 is 0 Å². The summed E-state index contributed by atoms with van der Waals surface area (Å²) in [6.07, 6.45) is 1.16. The van der Waals surface area contributed by atoms with Crippen LogP contribution in [0, 0.1) is 11.3 Å². The molecule has 10 heavy (non-hydrogen) atoms. The summed E-state index contributed by atoms with van der Waals surface area (Å²) >= 11 is 0. The van der Waals surface area contributed by atoms with Crippen LogP contribution in [0.3, 0.4) is 0 Å². The molecule has 1 atom stereocenters. The van der Waals surface area contributed by atoms with Crippen molar-refractivity contribution in [3.63, 3.8) is 0 Å². The van der Waals surface area contributed by atoms with Crippen molar-refractivity contribution in [3.05, 3.63) is 0 Å². The van der Waals surface area contributed by atoms with E-state index in [2.05, 4.69) is 32.5 Å². The Morgan fingerprint density at radius 2 is 1.90 bits per heavy atom. The Kier molecular flexibility index (Phi) is 3.91. The van der Waals surface area contributed by atoms with Gasteiger partial charge in [-0.25, -0.2) is 5.90 Å². The minimum atomic E-state index is 0.387. The lowest BCUT2D eigenvalue weighted by Gasteiger charge is -2.22. The quantitative estimate of drug-likeness (QED) is 0.616. The lowest BCUT2D eigenvalue weighted by molar-refractivity contribution is 0.0908. The molecule has 0 bridgehead atoms. The lowest BCUT2D eigenvalue weighted by atomic mass is 9.86. The fraction of sp³-hybridized carbons (Fsp3) is 1.00. The molecule has 0 rings (SSSR count). The molecule has 0 saturated heterocycles. The second-order valence-electron chi connectivity index (χ2n) is 4.20. The van der Waals surface area contributed by atoms with Gasteiger partial charge in [0.25, 0.3) is 0 Å². The Morgan fingerprint density at radius 1 is 1.40 bits per heavy atom. The summed E-state index contributed by atoms with van der Waals surface area (Å²) in [7, 11) is 0. The van der Waals surface area contributed by atoms with E-state index >= 15 is 0 Å². The van der Waals surface area contributed by atoms with Crippen LogP contribution in [0.1, 0.15) is 34.1 Å². The summed E-state index contributed by atoms with van der Waals surface area (Å²) in [6.45, 7) is 9.48. The first-order valence-corrected chi connectivity index (χ1v) is 3.77. The van der Waals surface area contributed by atoms with Gasteiger partial charge in [-0.05, 0) is 17.8 Å². The maximum absolute atomic E-state index is 4.95. The van der Waals surface area contributed by atoms with Gasteiger partial charge < -0.3 is 4.84 Å². The standard InChI is InChI=1S/C8H19NO/c1-7(6-10-9)5-8(2,3)4/h7H,5-6,9H2,1-4H3. The van der Waals surface area contributed by atoms with Gasteiger partial charge in [0.2, 0.25) is 0 Å². The smallest absolute Gasteiger partial charge is 0.0704 e. The van der Waals surface area contributed by atoms with Crippen LogP contribution < -0.4 is 5.90 Å². The molecular formula is C8H19NO. The summed E-state index contributed by atoms with van der Waals surface area (Å²) in [5, 5.41) is 0. The first-order valence-electron chi connectivity index (χ1n) is 3.77. The van der Waals surface area contributed by atoms with Crippen LogP contribution >= 0.6 is 0 Å². The highest BCUT2D eigenvalue weighted by molar-refractivity contribution is 4.65. The van der Waals surface area contributed by atoms with Crippen molar-refractivity contribution < 1.29 is 4.84 Å². The zero-order chi connectivity index (χ0) is 8.20. The third-order valence-electron chi connectivity index (χ3n) is 1.34. The van der Waals surface area contributed by atoms with Crippen molar-refractivity contribution in [2.45, 2.75) is 34.1 Å². The molecule has 1 unspecified atom stereocenters. The number of rotatable bonds is 3. The van der Waals surface area contributed by atoms with Crippen LogP contribution in [0.2, 0.25) is 0 Å². The second-order valence-corrected chi connectivity index (χ2v) is 4.20. The molecule has 0 aliphatic heterocycles. The van der Waals surface area contributed by atoms with Crippen molar-refractivity contribution in [2.24, 2.45) is 17.2 Å². The number of nitrogens with two attached hydrogens (primary N) is 1. The lowest BCUT2D eigenvalue weighted by Crippen LogP contribution is -2.17. The minimum absolute atomic E-state index is 0.387. The molecule has 0 aliphatic rings. The molecule has 0 aliphatic carbocycles. The van der Waals surface area contributed by atoms with Crippen LogP contribution in [-0.2, 0) is 4.84 Å². The monoisotopic (exact) mass is 145 g/mol. The van der Waals surface area contributed by atoms with Gasteiger partial charge >= 0.3 is 0 Å². The van der Waals surface area contributed by atoms with Gasteiger partial charge in [0, 0.05) is 0 Å². The molecule has 0 saturated carbocycles. The third kappa shape index (κ3) is 6.05. The molecule has 2 N–H and O–H groups in total. The van der Waals surface area contributed by atoms with E-state index in [0.717, 1.165) is 6.42 Å². The Balaban J connectivity index is 3.47. The van der Waals surface area contributed by atoms with Crippen molar-refractivity contribution in [3.8, 4) is 0 Å². The maximum Gasteiger partial charge on any atom is 0.0704 e. The molecule has 0 fully saturated rings. The normalized spacial score (nSPS) is 15.3. The largest absolute Gasteiger partial charge is 0.304 e. The minimum Gasteiger partial charge on any atom is -0.304 e. The molecule has 2 heteroatoms. The average Bonchev–Trinajstić information content (AvgIpc) is 1.59. The summed E-state index contributed by atoms with van der Waals surface area (Å²) < 4.78 is 0. The summed E-state index contributed by atoms with van der Waals surface area (Å²) in [6, 6.07) is 0. The Labute approximate surface area is 63.7 Å². The fourth-order valence-corrected chi connectivity index (χ4v) is 1.27. The highest BCUT2D eigenvalue weighted by Gasteiger charge is 2.14. The number of hydrogen-bond acceptors (Lipinski definition) is 2. The van der Waals surface area contributed by atoms with E-state index in [9.17, 15) is 0 Å². The van der Waals surface area contributed by atoms with Gasteiger partial charge in [0.1, 0.15) is 0 Å². The maximum atomic E-state index is 4.95. The van der Waals surface area contributed by atoms with E-state index in [1.807, 2.05) is 0 Å². The Morgan fingerprint density at radius 3 is 2.20 bits per heavy atom. The van der Waals surface area contributed by atoms with Crippen LogP contribution in [0.4, 0.5) is 0 Å². The highest BCUT2D eigenvalue weighted by Crippen LogP contribution is 2.23. The van der Waals surface area contributed by atoms with Crippen molar-refractivity contribution in [1.29, 1.82) is 0 Å². The van der Waals surface area contributed by atoms with Gasteiger partial charge in [-0.1, -0.05) is 27.7 Å². The zero-order valence-electron chi connectivity index (χ0n) is 7.48. The van der Waals surface area contributed by atoms with E-state index in [1.54, 1.807) is 0 Å². The zero-order valence-corrected chi connectivity index (χ0v) is 7.48. The SMILES string of the molecule is CC(CON)CC(C)(C)C. The fourth-order valence-electron chi connectivity index (χ4n) is 1.27. The molecular weight excluding hydrogens is 126 g/mol. The summed E-state index contributed by atoms with van der Waals surface area (Å²) in [5.74, 6) is 5.51. The molecule has 0 amide bonds. The summed E-state index contributed by atoms with van der Waals surface area (Å²) in [5.41, 5.74) is 0.387. The van der Waals surface area contributed by atoms with E-state index in [4.69, 9.17) is 5.90 Å². The van der Waals surface area contributed by atoms with Gasteiger partial charge in [-0.3, -0.25) is 0 Å². The molecule has 0 aromatic rings. The van der Waals surface area contributed by atoms with E-state index in [0.29, 0.717) is 17.9 Å². The second kappa shape index (κ2) is 3.94. The highest BCUT2D eigenvalue weighted by atomic mass is 16.6. The third-order valence-corrected chi connectivity index (χ3v) is 1.34. The topological polar surface area (TPSA) is 35.2 Å².